The van der Waals surface area contributed by atoms with Gasteiger partial charge >= 0.3 is 6.09 Å². The van der Waals surface area contributed by atoms with Crippen LogP contribution in [-0.4, -0.2) is 37.1 Å². The largest absolute Gasteiger partial charge is 0.450 e. The van der Waals surface area contributed by atoms with E-state index in [9.17, 15) is 4.79 Å². The molecule has 0 fully saturated rings. The summed E-state index contributed by atoms with van der Waals surface area (Å²) in [6.07, 6.45) is -0.556. The second-order valence-electron chi connectivity index (χ2n) is 4.54. The Morgan fingerprint density at radius 1 is 1.35 bits per heavy atom. The van der Waals surface area contributed by atoms with Crippen LogP contribution >= 0.6 is 11.5 Å². The van der Waals surface area contributed by atoms with Gasteiger partial charge in [0, 0.05) is 11.5 Å². The SMILES string of the molecule is CCOC(=O)Nc1nc(-c2nnn(-c3ccccc3)c2C)ns1. The van der Waals surface area contributed by atoms with Gasteiger partial charge in [0.15, 0.2) is 11.5 Å². The molecule has 2 aromatic heterocycles. The summed E-state index contributed by atoms with van der Waals surface area (Å²) in [5.41, 5.74) is 2.29. The fourth-order valence-electron chi connectivity index (χ4n) is 1.98. The number of hydrogen-bond acceptors (Lipinski definition) is 7. The minimum absolute atomic E-state index is 0.294. The first kappa shape index (κ1) is 15.1. The topological polar surface area (TPSA) is 94.8 Å². The summed E-state index contributed by atoms with van der Waals surface area (Å²) in [6.45, 7) is 3.92. The van der Waals surface area contributed by atoms with Gasteiger partial charge < -0.3 is 4.74 Å². The van der Waals surface area contributed by atoms with Gasteiger partial charge in [-0.05, 0) is 26.0 Å². The second-order valence-corrected chi connectivity index (χ2v) is 5.29. The third-order valence-electron chi connectivity index (χ3n) is 3.02. The van der Waals surface area contributed by atoms with Gasteiger partial charge in [-0.1, -0.05) is 23.4 Å². The number of aromatic nitrogens is 5. The van der Waals surface area contributed by atoms with Gasteiger partial charge in [0.2, 0.25) is 5.13 Å². The highest BCUT2D eigenvalue weighted by atomic mass is 32.1. The Morgan fingerprint density at radius 3 is 2.87 bits per heavy atom. The molecule has 0 saturated carbocycles. The van der Waals surface area contributed by atoms with Crippen molar-refractivity contribution < 1.29 is 9.53 Å². The molecule has 0 aliphatic carbocycles. The summed E-state index contributed by atoms with van der Waals surface area (Å²) in [7, 11) is 0. The molecule has 118 valence electrons. The van der Waals surface area contributed by atoms with Crippen molar-refractivity contribution in [2.24, 2.45) is 0 Å². The van der Waals surface area contributed by atoms with E-state index in [1.807, 2.05) is 37.3 Å². The van der Waals surface area contributed by atoms with Gasteiger partial charge in [0.1, 0.15) is 0 Å². The minimum Gasteiger partial charge on any atom is -0.450 e. The molecule has 0 bridgehead atoms. The van der Waals surface area contributed by atoms with Crippen LogP contribution in [0.3, 0.4) is 0 Å². The highest BCUT2D eigenvalue weighted by Gasteiger charge is 2.17. The number of nitrogens with zero attached hydrogens (tertiary/aromatic N) is 5. The molecule has 8 nitrogen and oxygen atoms in total. The van der Waals surface area contributed by atoms with E-state index in [0.717, 1.165) is 22.9 Å². The van der Waals surface area contributed by atoms with Crippen LogP contribution in [0.25, 0.3) is 17.2 Å². The number of anilines is 1. The summed E-state index contributed by atoms with van der Waals surface area (Å²) in [6, 6.07) is 9.67. The van der Waals surface area contributed by atoms with Crippen LogP contribution in [0.4, 0.5) is 9.93 Å². The number of carbonyl (C=O) groups is 1. The highest BCUT2D eigenvalue weighted by molar-refractivity contribution is 7.10. The fraction of sp³-hybridized carbons (Fsp3) is 0.214. The van der Waals surface area contributed by atoms with E-state index in [1.165, 1.54) is 0 Å². The van der Waals surface area contributed by atoms with Gasteiger partial charge in [0.05, 0.1) is 18.0 Å². The Labute approximate surface area is 136 Å². The van der Waals surface area contributed by atoms with Crippen LogP contribution in [0, 0.1) is 6.92 Å². The van der Waals surface area contributed by atoms with Crippen molar-refractivity contribution in [1.82, 2.24) is 24.4 Å². The molecule has 0 atom stereocenters. The standard InChI is InChI=1S/C14H14N6O2S/c1-3-22-14(21)16-13-15-12(18-23-13)11-9(2)20(19-17-11)10-7-5-4-6-8-10/h4-8H,3H2,1-2H3,(H,15,16,18,21). The van der Waals surface area contributed by atoms with Crippen molar-refractivity contribution >= 4 is 22.8 Å². The Kier molecular flexibility index (Phi) is 4.29. The predicted molar refractivity (Wildman–Crippen MR) is 85.6 cm³/mol. The molecular weight excluding hydrogens is 316 g/mol. The number of hydrogen-bond donors (Lipinski definition) is 1. The highest BCUT2D eigenvalue weighted by Crippen LogP contribution is 2.23. The third kappa shape index (κ3) is 3.19. The van der Waals surface area contributed by atoms with Crippen molar-refractivity contribution in [3.8, 4) is 17.2 Å². The number of benzene rings is 1. The maximum Gasteiger partial charge on any atom is 0.413 e. The van der Waals surface area contributed by atoms with E-state index in [-0.39, 0.29) is 0 Å². The first-order chi connectivity index (χ1) is 11.2. The first-order valence-corrected chi connectivity index (χ1v) is 7.72. The molecule has 3 rings (SSSR count). The summed E-state index contributed by atoms with van der Waals surface area (Å²) in [5.74, 6) is 0.418. The molecule has 1 N–H and O–H groups in total. The molecule has 1 aromatic carbocycles. The molecule has 0 spiro atoms. The van der Waals surface area contributed by atoms with Crippen LogP contribution in [0.5, 0.6) is 0 Å². The van der Waals surface area contributed by atoms with Crippen LogP contribution in [-0.2, 0) is 4.74 Å². The van der Waals surface area contributed by atoms with E-state index >= 15 is 0 Å². The number of para-hydroxylation sites is 1. The lowest BCUT2D eigenvalue weighted by atomic mass is 10.3. The molecule has 0 aliphatic heterocycles. The monoisotopic (exact) mass is 330 g/mol. The molecule has 23 heavy (non-hydrogen) atoms. The average Bonchev–Trinajstić information content (AvgIpc) is 3.15. The molecule has 0 aliphatic rings. The quantitative estimate of drug-likeness (QED) is 0.790. The number of ether oxygens (including phenoxy) is 1. The van der Waals surface area contributed by atoms with Crippen molar-refractivity contribution in [2.75, 3.05) is 11.9 Å². The van der Waals surface area contributed by atoms with E-state index in [4.69, 9.17) is 4.74 Å². The lowest BCUT2D eigenvalue weighted by molar-refractivity contribution is 0.168. The first-order valence-electron chi connectivity index (χ1n) is 6.94. The molecule has 0 saturated heterocycles. The summed E-state index contributed by atoms with van der Waals surface area (Å²) in [4.78, 5) is 15.6. The van der Waals surface area contributed by atoms with Gasteiger partial charge in [-0.3, -0.25) is 5.32 Å². The van der Waals surface area contributed by atoms with Crippen molar-refractivity contribution in [3.63, 3.8) is 0 Å². The summed E-state index contributed by atoms with van der Waals surface area (Å²) in [5, 5.41) is 11.2. The fourth-order valence-corrected chi connectivity index (χ4v) is 2.53. The Bertz CT molecular complexity index is 814. The molecular formula is C14H14N6O2S. The lowest BCUT2D eigenvalue weighted by Crippen LogP contribution is -2.12. The van der Waals surface area contributed by atoms with Gasteiger partial charge in [-0.2, -0.15) is 9.36 Å². The van der Waals surface area contributed by atoms with Crippen LogP contribution in [0.2, 0.25) is 0 Å². The van der Waals surface area contributed by atoms with Gasteiger partial charge in [-0.15, -0.1) is 5.10 Å². The van der Waals surface area contributed by atoms with E-state index in [0.29, 0.717) is 23.3 Å². The van der Waals surface area contributed by atoms with E-state index in [2.05, 4.69) is 25.0 Å². The average molecular weight is 330 g/mol. The second kappa shape index (κ2) is 6.53. The Hall–Kier alpha value is -2.81. The Balaban J connectivity index is 1.85. The molecule has 9 heteroatoms. The van der Waals surface area contributed by atoms with Crippen LogP contribution in [0.15, 0.2) is 30.3 Å². The third-order valence-corrected chi connectivity index (χ3v) is 3.65. The minimum atomic E-state index is -0.556. The number of nitrogens with one attached hydrogen (secondary N) is 1. The van der Waals surface area contributed by atoms with E-state index < -0.39 is 6.09 Å². The summed E-state index contributed by atoms with van der Waals surface area (Å²) < 4.78 is 10.7. The predicted octanol–water partition coefficient (Wildman–Crippen LogP) is 2.66. The normalized spacial score (nSPS) is 10.5. The van der Waals surface area contributed by atoms with Crippen molar-refractivity contribution in [2.45, 2.75) is 13.8 Å². The number of carbonyl (C=O) groups excluding carboxylic acids is 1. The molecule has 1 amide bonds. The van der Waals surface area contributed by atoms with Crippen LogP contribution < -0.4 is 5.32 Å². The molecule has 0 radical (unpaired) electrons. The van der Waals surface area contributed by atoms with Crippen molar-refractivity contribution in [3.05, 3.63) is 36.0 Å². The number of amides is 1. The summed E-state index contributed by atoms with van der Waals surface area (Å²) >= 11 is 1.06. The van der Waals surface area contributed by atoms with Gasteiger partial charge in [0.25, 0.3) is 0 Å². The zero-order chi connectivity index (χ0) is 16.2. The zero-order valence-electron chi connectivity index (χ0n) is 12.6. The van der Waals surface area contributed by atoms with E-state index in [1.54, 1.807) is 11.6 Å². The maximum atomic E-state index is 11.4. The lowest BCUT2D eigenvalue weighted by Gasteiger charge is -2.02. The molecule has 3 aromatic rings. The number of rotatable bonds is 4. The molecule has 0 unspecified atom stereocenters. The van der Waals surface area contributed by atoms with Gasteiger partial charge in [-0.25, -0.2) is 9.48 Å². The van der Waals surface area contributed by atoms with Crippen LogP contribution in [0.1, 0.15) is 12.6 Å². The maximum absolute atomic E-state index is 11.4. The molecule has 2 heterocycles. The smallest absolute Gasteiger partial charge is 0.413 e. The van der Waals surface area contributed by atoms with Crippen molar-refractivity contribution in [1.29, 1.82) is 0 Å². The zero-order valence-corrected chi connectivity index (χ0v) is 13.4. The Morgan fingerprint density at radius 2 is 2.13 bits per heavy atom.